The molecule has 3 heterocycles. The van der Waals surface area contributed by atoms with Gasteiger partial charge in [-0.2, -0.15) is 0 Å². The van der Waals surface area contributed by atoms with Crippen molar-refractivity contribution in [1.29, 1.82) is 0 Å². The summed E-state index contributed by atoms with van der Waals surface area (Å²) >= 11 is 0. The van der Waals surface area contributed by atoms with E-state index < -0.39 is 0 Å². The van der Waals surface area contributed by atoms with Crippen molar-refractivity contribution in [2.24, 2.45) is 5.73 Å². The summed E-state index contributed by atoms with van der Waals surface area (Å²) in [6, 6.07) is 0. The summed E-state index contributed by atoms with van der Waals surface area (Å²) in [5.74, 6) is 1.37. The van der Waals surface area contributed by atoms with Crippen LogP contribution < -0.4 is 16.4 Å². The largest absolute Gasteiger partial charge is 0.382 e. The standard InChI is InChI=1S/C13H19N7/c14-4-1-2-10-13(15)16-6-12(19-10)20-5-3-9-11(7-20)18-8-17-9/h6,8H,1-5,7,14H2,(H2,15,16)(H,17,18). The molecule has 0 amide bonds. The van der Waals surface area contributed by atoms with E-state index in [-0.39, 0.29) is 0 Å². The number of nitrogens with zero attached hydrogens (tertiary/aromatic N) is 4. The second kappa shape index (κ2) is 5.46. The molecular weight excluding hydrogens is 254 g/mol. The van der Waals surface area contributed by atoms with Gasteiger partial charge in [0, 0.05) is 13.0 Å². The Morgan fingerprint density at radius 3 is 3.10 bits per heavy atom. The van der Waals surface area contributed by atoms with Crippen LogP contribution >= 0.6 is 0 Å². The van der Waals surface area contributed by atoms with E-state index in [1.807, 2.05) is 0 Å². The molecule has 0 saturated carbocycles. The lowest BCUT2D eigenvalue weighted by atomic mass is 10.1. The number of rotatable bonds is 4. The average Bonchev–Trinajstić information content (AvgIpc) is 2.94. The third-order valence-corrected chi connectivity index (χ3v) is 3.58. The Bertz CT molecular complexity index is 592. The first-order chi connectivity index (χ1) is 9.78. The highest BCUT2D eigenvalue weighted by atomic mass is 15.2. The van der Waals surface area contributed by atoms with E-state index in [4.69, 9.17) is 11.5 Å². The number of hydrogen-bond donors (Lipinski definition) is 3. The molecular formula is C13H19N7. The van der Waals surface area contributed by atoms with E-state index in [1.165, 1.54) is 0 Å². The summed E-state index contributed by atoms with van der Waals surface area (Å²) in [5.41, 5.74) is 14.5. The van der Waals surface area contributed by atoms with E-state index in [1.54, 1.807) is 12.5 Å². The van der Waals surface area contributed by atoms with Crippen LogP contribution in [0.15, 0.2) is 12.5 Å². The minimum atomic E-state index is 0.501. The number of fused-ring (bicyclic) bond motifs is 1. The third-order valence-electron chi connectivity index (χ3n) is 3.58. The second-order valence-electron chi connectivity index (χ2n) is 4.95. The SMILES string of the molecule is NCCCc1nc(N2CCc3nc[nH]c3C2)cnc1N. The van der Waals surface area contributed by atoms with Crippen molar-refractivity contribution in [1.82, 2.24) is 19.9 Å². The fourth-order valence-electron chi connectivity index (χ4n) is 2.44. The van der Waals surface area contributed by atoms with Gasteiger partial charge >= 0.3 is 0 Å². The van der Waals surface area contributed by atoms with Crippen molar-refractivity contribution in [2.75, 3.05) is 23.7 Å². The van der Waals surface area contributed by atoms with Crippen LogP contribution in [0.25, 0.3) is 0 Å². The zero-order valence-electron chi connectivity index (χ0n) is 11.3. The summed E-state index contributed by atoms with van der Waals surface area (Å²) in [4.78, 5) is 18.6. The molecule has 0 spiro atoms. The van der Waals surface area contributed by atoms with Gasteiger partial charge in [0.1, 0.15) is 11.6 Å². The van der Waals surface area contributed by atoms with E-state index in [9.17, 15) is 0 Å². The number of anilines is 2. The number of aryl methyl sites for hydroxylation is 1. The van der Waals surface area contributed by atoms with Crippen LogP contribution in [0.4, 0.5) is 11.6 Å². The first-order valence-corrected chi connectivity index (χ1v) is 6.85. The molecule has 7 heteroatoms. The first kappa shape index (κ1) is 12.9. The van der Waals surface area contributed by atoms with Crippen molar-refractivity contribution in [3.63, 3.8) is 0 Å². The third kappa shape index (κ3) is 2.44. The number of imidazole rings is 1. The molecule has 2 aromatic heterocycles. The lowest BCUT2D eigenvalue weighted by molar-refractivity contribution is 0.694. The van der Waals surface area contributed by atoms with Gasteiger partial charge in [0.2, 0.25) is 0 Å². The minimum Gasteiger partial charge on any atom is -0.382 e. The summed E-state index contributed by atoms with van der Waals surface area (Å²) in [6.07, 6.45) is 6.04. The molecule has 0 radical (unpaired) electrons. The van der Waals surface area contributed by atoms with Crippen LogP contribution in [-0.4, -0.2) is 33.0 Å². The highest BCUT2D eigenvalue weighted by molar-refractivity contribution is 5.45. The van der Waals surface area contributed by atoms with Crippen LogP contribution in [0.5, 0.6) is 0 Å². The molecule has 0 atom stereocenters. The number of H-pyrrole nitrogens is 1. The molecule has 0 fully saturated rings. The van der Waals surface area contributed by atoms with E-state index in [0.717, 1.165) is 55.3 Å². The molecule has 1 aliphatic rings. The number of aromatic amines is 1. The molecule has 0 unspecified atom stereocenters. The molecule has 3 rings (SSSR count). The maximum atomic E-state index is 5.87. The van der Waals surface area contributed by atoms with Crippen molar-refractivity contribution in [3.8, 4) is 0 Å². The predicted octanol–water partition coefficient (Wildman–Crippen LogP) is 0.236. The van der Waals surface area contributed by atoms with E-state index >= 15 is 0 Å². The number of nitrogens with one attached hydrogen (secondary N) is 1. The molecule has 0 aromatic carbocycles. The summed E-state index contributed by atoms with van der Waals surface area (Å²) < 4.78 is 0. The minimum absolute atomic E-state index is 0.501. The van der Waals surface area contributed by atoms with Gasteiger partial charge in [-0.15, -0.1) is 0 Å². The van der Waals surface area contributed by atoms with Crippen molar-refractivity contribution in [2.45, 2.75) is 25.8 Å². The highest BCUT2D eigenvalue weighted by Gasteiger charge is 2.20. The smallest absolute Gasteiger partial charge is 0.147 e. The van der Waals surface area contributed by atoms with Crippen LogP contribution in [0.1, 0.15) is 23.5 Å². The zero-order chi connectivity index (χ0) is 13.9. The van der Waals surface area contributed by atoms with Crippen molar-refractivity contribution >= 4 is 11.6 Å². The average molecular weight is 273 g/mol. The first-order valence-electron chi connectivity index (χ1n) is 6.85. The van der Waals surface area contributed by atoms with Gasteiger partial charge in [0.05, 0.1) is 36.2 Å². The number of nitrogens with two attached hydrogens (primary N) is 2. The van der Waals surface area contributed by atoms with Crippen LogP contribution in [0.2, 0.25) is 0 Å². The summed E-state index contributed by atoms with van der Waals surface area (Å²) in [7, 11) is 0. The Kier molecular flexibility index (Phi) is 3.51. The van der Waals surface area contributed by atoms with Gasteiger partial charge < -0.3 is 21.4 Å². The van der Waals surface area contributed by atoms with Crippen LogP contribution in [-0.2, 0) is 19.4 Å². The molecule has 0 saturated heterocycles. The topological polar surface area (TPSA) is 110 Å². The maximum absolute atomic E-state index is 5.87. The zero-order valence-corrected chi connectivity index (χ0v) is 11.3. The second-order valence-corrected chi connectivity index (χ2v) is 4.95. The van der Waals surface area contributed by atoms with Gasteiger partial charge in [-0.1, -0.05) is 0 Å². The van der Waals surface area contributed by atoms with Crippen molar-refractivity contribution < 1.29 is 0 Å². The lowest BCUT2D eigenvalue weighted by Gasteiger charge is -2.27. The molecule has 0 aliphatic carbocycles. The molecule has 0 bridgehead atoms. The Morgan fingerprint density at radius 1 is 1.35 bits per heavy atom. The van der Waals surface area contributed by atoms with Gasteiger partial charge in [0.25, 0.3) is 0 Å². The Morgan fingerprint density at radius 2 is 2.25 bits per heavy atom. The Labute approximate surface area is 117 Å². The molecule has 5 N–H and O–H groups in total. The molecule has 2 aromatic rings. The number of hydrogen-bond acceptors (Lipinski definition) is 6. The highest BCUT2D eigenvalue weighted by Crippen LogP contribution is 2.22. The van der Waals surface area contributed by atoms with Gasteiger partial charge in [0.15, 0.2) is 0 Å². The summed E-state index contributed by atoms with van der Waals surface area (Å²) in [5, 5.41) is 0. The summed E-state index contributed by atoms with van der Waals surface area (Å²) in [6.45, 7) is 2.31. The van der Waals surface area contributed by atoms with E-state index in [0.29, 0.717) is 12.4 Å². The Balaban J connectivity index is 1.80. The fraction of sp³-hybridized carbons (Fsp3) is 0.462. The van der Waals surface area contributed by atoms with Crippen LogP contribution in [0, 0.1) is 0 Å². The molecule has 1 aliphatic heterocycles. The fourth-order valence-corrected chi connectivity index (χ4v) is 2.44. The normalized spacial score (nSPS) is 14.3. The lowest BCUT2D eigenvalue weighted by Crippen LogP contribution is -2.31. The molecule has 7 nitrogen and oxygen atoms in total. The van der Waals surface area contributed by atoms with Gasteiger partial charge in [-0.05, 0) is 19.4 Å². The molecule has 106 valence electrons. The van der Waals surface area contributed by atoms with Gasteiger partial charge in [-0.3, -0.25) is 0 Å². The Hall–Kier alpha value is -2.15. The molecule has 20 heavy (non-hydrogen) atoms. The van der Waals surface area contributed by atoms with E-state index in [2.05, 4.69) is 24.8 Å². The van der Waals surface area contributed by atoms with Gasteiger partial charge in [-0.25, -0.2) is 15.0 Å². The predicted molar refractivity (Wildman–Crippen MR) is 77.2 cm³/mol. The monoisotopic (exact) mass is 273 g/mol. The quantitative estimate of drug-likeness (QED) is 0.736. The van der Waals surface area contributed by atoms with Crippen molar-refractivity contribution in [3.05, 3.63) is 29.6 Å². The van der Waals surface area contributed by atoms with Crippen LogP contribution in [0.3, 0.4) is 0 Å². The maximum Gasteiger partial charge on any atom is 0.147 e. The number of aromatic nitrogens is 4. The number of nitrogen functional groups attached to an aromatic ring is 1.